The summed E-state index contributed by atoms with van der Waals surface area (Å²) in [7, 11) is 0. The Morgan fingerprint density at radius 3 is 0.781 bits per heavy atom. The zero-order valence-electron chi connectivity index (χ0n) is 17.8. The number of rotatable bonds is 4. The molecule has 0 nitrogen and oxygen atoms in total. The molecule has 5 aromatic carbocycles. The second-order valence-electron chi connectivity index (χ2n) is 7.49. The molecule has 0 N–H and O–H groups in total. The van der Waals surface area contributed by atoms with Crippen LogP contribution in [0.1, 0.15) is 16.7 Å². The van der Waals surface area contributed by atoms with Crippen LogP contribution in [0.25, 0.3) is 11.1 Å². The second kappa shape index (κ2) is 10.9. The first-order valence-corrected chi connectivity index (χ1v) is 11.8. The van der Waals surface area contributed by atoms with Crippen molar-refractivity contribution in [3.63, 3.8) is 0 Å². The van der Waals surface area contributed by atoms with Gasteiger partial charge in [-0.05, 0) is 27.8 Å². The van der Waals surface area contributed by atoms with Crippen molar-refractivity contribution in [3.05, 3.63) is 168 Å². The third-order valence-corrected chi connectivity index (χ3v) is 7.26. The molecule has 0 aromatic heterocycles. The molecule has 0 radical (unpaired) electrons. The first-order valence-electron chi connectivity index (χ1n) is 10.7. The van der Waals surface area contributed by atoms with E-state index in [1.54, 1.807) is 0 Å². The van der Waals surface area contributed by atoms with Gasteiger partial charge in [0.25, 0.3) is 0 Å². The fourth-order valence-corrected chi connectivity index (χ4v) is 4.84. The molecular weight excluding hydrogens is 499 g/mol. The summed E-state index contributed by atoms with van der Waals surface area (Å²) in [5.74, 6) is 0. The predicted molar refractivity (Wildman–Crippen MR) is 145 cm³/mol. The molecule has 0 amide bonds. The molecule has 0 fully saturated rings. The topological polar surface area (TPSA) is 0 Å². The molecule has 1 heteroatoms. The normalized spacial score (nSPS) is 10.7. The Balaban J connectivity index is 0.000000174. The number of halogens is 1. The van der Waals surface area contributed by atoms with Gasteiger partial charge in [0.1, 0.15) is 0 Å². The lowest BCUT2D eigenvalue weighted by Gasteiger charge is -2.29. The average Bonchev–Trinajstić information content (AvgIpc) is 2.91. The van der Waals surface area contributed by atoms with E-state index in [2.05, 4.69) is 162 Å². The van der Waals surface area contributed by atoms with E-state index in [1.165, 1.54) is 27.8 Å². The summed E-state index contributed by atoms with van der Waals surface area (Å²) in [6.07, 6.45) is 0. The number of benzene rings is 5. The van der Waals surface area contributed by atoms with E-state index in [1.807, 2.05) is 12.1 Å². The van der Waals surface area contributed by atoms with Gasteiger partial charge in [0.2, 0.25) is 0 Å². The number of hydrogen-bond donors (Lipinski definition) is 0. The second-order valence-corrected chi connectivity index (χ2v) is 9.11. The molecule has 5 aromatic rings. The fourth-order valence-electron chi connectivity index (χ4n) is 3.76. The molecule has 5 rings (SSSR count). The number of hydrogen-bond acceptors (Lipinski definition) is 0. The summed E-state index contributed by atoms with van der Waals surface area (Å²) in [5, 5.41) is 0. The Bertz CT molecular complexity index is 1050. The van der Waals surface area contributed by atoms with Crippen molar-refractivity contribution in [3.8, 4) is 11.1 Å². The lowest BCUT2D eigenvalue weighted by Crippen LogP contribution is -2.21. The first kappa shape index (κ1) is 22.0. The van der Waals surface area contributed by atoms with Gasteiger partial charge in [-0.25, -0.2) is 0 Å². The highest BCUT2D eigenvalue weighted by atomic mass is 127. The standard InChI is InChI=1S/C19H15I.C12H10/c20-19(16-10-4-1-5-11-16,17-12-6-2-7-13-17)18-14-8-3-9-15-18;1-3-7-11(8-4-1)12-9-5-2-6-10-12/h1-15H;1-10H. The molecule has 0 aliphatic carbocycles. The Morgan fingerprint density at radius 2 is 0.531 bits per heavy atom. The molecule has 156 valence electrons. The van der Waals surface area contributed by atoms with Gasteiger partial charge in [0, 0.05) is 0 Å². The molecule has 0 aliphatic rings. The molecule has 0 atom stereocenters. The van der Waals surface area contributed by atoms with Crippen LogP contribution in [0, 0.1) is 0 Å². The highest BCUT2D eigenvalue weighted by molar-refractivity contribution is 14.1. The fraction of sp³-hybridized carbons (Fsp3) is 0.0323. The Hall–Kier alpha value is -3.17. The van der Waals surface area contributed by atoms with Gasteiger partial charge < -0.3 is 0 Å². The van der Waals surface area contributed by atoms with E-state index < -0.39 is 0 Å². The van der Waals surface area contributed by atoms with E-state index in [4.69, 9.17) is 0 Å². The molecule has 0 aliphatic heterocycles. The van der Waals surface area contributed by atoms with Crippen LogP contribution in [0.4, 0.5) is 0 Å². The Kier molecular flexibility index (Phi) is 7.52. The summed E-state index contributed by atoms with van der Waals surface area (Å²) in [6.45, 7) is 0. The molecular formula is C31H25I. The lowest BCUT2D eigenvalue weighted by atomic mass is 9.85. The maximum absolute atomic E-state index is 2.57. The highest BCUT2D eigenvalue weighted by Gasteiger charge is 2.32. The van der Waals surface area contributed by atoms with Crippen LogP contribution < -0.4 is 0 Å². The third-order valence-electron chi connectivity index (χ3n) is 5.40. The van der Waals surface area contributed by atoms with Crippen LogP contribution in [-0.2, 0) is 3.42 Å². The van der Waals surface area contributed by atoms with Gasteiger partial charge in [-0.15, -0.1) is 0 Å². The van der Waals surface area contributed by atoms with Gasteiger partial charge >= 0.3 is 0 Å². The molecule has 0 saturated heterocycles. The minimum atomic E-state index is -0.151. The summed E-state index contributed by atoms with van der Waals surface area (Å²) in [4.78, 5) is 0. The zero-order valence-corrected chi connectivity index (χ0v) is 20.0. The van der Waals surface area contributed by atoms with Crippen molar-refractivity contribution in [2.75, 3.05) is 0 Å². The minimum absolute atomic E-state index is 0.151. The van der Waals surface area contributed by atoms with Crippen LogP contribution in [0.2, 0.25) is 0 Å². The quantitative estimate of drug-likeness (QED) is 0.125. The van der Waals surface area contributed by atoms with Crippen molar-refractivity contribution in [1.29, 1.82) is 0 Å². The van der Waals surface area contributed by atoms with Gasteiger partial charge in [0.15, 0.2) is 0 Å². The van der Waals surface area contributed by atoms with Crippen molar-refractivity contribution in [2.24, 2.45) is 0 Å². The molecule has 0 spiro atoms. The highest BCUT2D eigenvalue weighted by Crippen LogP contribution is 2.44. The predicted octanol–water partition coefficient (Wildman–Crippen LogP) is 8.77. The summed E-state index contributed by atoms with van der Waals surface area (Å²) >= 11 is 2.57. The van der Waals surface area contributed by atoms with E-state index in [0.29, 0.717) is 0 Å². The monoisotopic (exact) mass is 524 g/mol. The third kappa shape index (κ3) is 5.17. The molecule has 32 heavy (non-hydrogen) atoms. The molecule has 0 saturated carbocycles. The molecule has 0 heterocycles. The summed E-state index contributed by atoms with van der Waals surface area (Å²) in [5.41, 5.74) is 6.46. The smallest absolute Gasteiger partial charge is 0.0631 e. The zero-order chi connectivity index (χ0) is 22.1. The maximum Gasteiger partial charge on any atom is 0.0968 e. The summed E-state index contributed by atoms with van der Waals surface area (Å²) in [6, 6.07) is 52.8. The van der Waals surface area contributed by atoms with Crippen LogP contribution in [0.3, 0.4) is 0 Å². The van der Waals surface area contributed by atoms with E-state index in [9.17, 15) is 0 Å². The first-order chi connectivity index (χ1) is 15.8. The van der Waals surface area contributed by atoms with Crippen molar-refractivity contribution in [2.45, 2.75) is 3.42 Å². The lowest BCUT2D eigenvalue weighted by molar-refractivity contribution is 0.940. The van der Waals surface area contributed by atoms with Crippen molar-refractivity contribution >= 4 is 22.6 Å². The molecule has 0 unspecified atom stereocenters. The van der Waals surface area contributed by atoms with E-state index in [-0.39, 0.29) is 3.42 Å². The van der Waals surface area contributed by atoms with Gasteiger partial charge in [0.05, 0.1) is 3.42 Å². The van der Waals surface area contributed by atoms with Gasteiger partial charge in [-0.1, -0.05) is 174 Å². The van der Waals surface area contributed by atoms with Crippen molar-refractivity contribution in [1.82, 2.24) is 0 Å². The largest absolute Gasteiger partial charge is 0.0968 e. The number of alkyl halides is 1. The minimum Gasteiger partial charge on any atom is -0.0631 e. The SMILES string of the molecule is IC(c1ccccc1)(c1ccccc1)c1ccccc1.c1ccc(-c2ccccc2)cc1. The van der Waals surface area contributed by atoms with E-state index >= 15 is 0 Å². The van der Waals surface area contributed by atoms with Crippen molar-refractivity contribution < 1.29 is 0 Å². The van der Waals surface area contributed by atoms with E-state index in [0.717, 1.165) is 0 Å². The maximum atomic E-state index is 2.57. The van der Waals surface area contributed by atoms with Gasteiger partial charge in [-0.2, -0.15) is 0 Å². The summed E-state index contributed by atoms with van der Waals surface area (Å²) < 4.78 is -0.151. The Labute approximate surface area is 204 Å². The average molecular weight is 524 g/mol. The van der Waals surface area contributed by atoms with Crippen LogP contribution in [0.15, 0.2) is 152 Å². The van der Waals surface area contributed by atoms with Crippen LogP contribution in [-0.4, -0.2) is 0 Å². The Morgan fingerprint density at radius 1 is 0.312 bits per heavy atom. The van der Waals surface area contributed by atoms with Gasteiger partial charge in [-0.3, -0.25) is 0 Å². The van der Waals surface area contributed by atoms with Crippen LogP contribution >= 0.6 is 22.6 Å². The molecule has 0 bridgehead atoms. The van der Waals surface area contributed by atoms with Crippen LogP contribution in [0.5, 0.6) is 0 Å².